The van der Waals surface area contributed by atoms with Crippen LogP contribution in [0.15, 0.2) is 18.2 Å². The minimum atomic E-state index is -0.169. The van der Waals surface area contributed by atoms with Crippen LogP contribution in [-0.2, 0) is 4.79 Å². The van der Waals surface area contributed by atoms with Crippen molar-refractivity contribution in [3.8, 4) is 0 Å². The molecule has 0 bridgehead atoms. The maximum atomic E-state index is 13.0. The van der Waals surface area contributed by atoms with E-state index in [1.807, 2.05) is 6.07 Å². The number of halogens is 1. The monoisotopic (exact) mass is 208 g/mol. The fraction of sp³-hybridized carbons (Fsp3) is 0.462. The molecule has 1 aromatic rings. The largest absolute Gasteiger partial charge is 0.300 e. The van der Waals surface area contributed by atoms with Crippen LogP contribution in [0.1, 0.15) is 43.7 Å². The highest BCUT2D eigenvalue weighted by Crippen LogP contribution is 2.22. The van der Waals surface area contributed by atoms with Crippen LogP contribution in [0.25, 0.3) is 0 Å². The van der Waals surface area contributed by atoms with E-state index >= 15 is 0 Å². The number of ketones is 1. The number of benzene rings is 1. The van der Waals surface area contributed by atoms with Gasteiger partial charge < -0.3 is 4.79 Å². The van der Waals surface area contributed by atoms with Gasteiger partial charge in [0.2, 0.25) is 0 Å². The molecule has 0 aliphatic heterocycles. The van der Waals surface area contributed by atoms with Crippen LogP contribution < -0.4 is 0 Å². The Morgan fingerprint density at radius 2 is 2.13 bits per heavy atom. The Bertz CT molecular complexity index is 358. The number of hydrogen-bond donors (Lipinski definition) is 0. The minimum Gasteiger partial charge on any atom is -0.300 e. The summed E-state index contributed by atoms with van der Waals surface area (Å²) in [5, 5.41) is 0. The average molecular weight is 208 g/mol. The summed E-state index contributed by atoms with van der Waals surface area (Å²) in [5.74, 6) is 0.353. The molecule has 0 heterocycles. The van der Waals surface area contributed by atoms with Crippen molar-refractivity contribution >= 4 is 5.78 Å². The topological polar surface area (TPSA) is 17.1 Å². The Morgan fingerprint density at radius 3 is 2.67 bits per heavy atom. The second-order valence-corrected chi connectivity index (χ2v) is 4.15. The van der Waals surface area contributed by atoms with Crippen molar-refractivity contribution in [2.24, 2.45) is 0 Å². The lowest BCUT2D eigenvalue weighted by Gasteiger charge is -2.11. The van der Waals surface area contributed by atoms with Crippen LogP contribution in [0.5, 0.6) is 0 Å². The van der Waals surface area contributed by atoms with E-state index in [2.05, 4.69) is 6.92 Å². The number of carbonyl (C=O) groups is 1. The Morgan fingerprint density at radius 1 is 1.47 bits per heavy atom. The lowest BCUT2D eigenvalue weighted by molar-refractivity contribution is -0.117. The minimum absolute atomic E-state index is 0.169. The Labute approximate surface area is 90.3 Å². The van der Waals surface area contributed by atoms with Crippen molar-refractivity contribution in [2.45, 2.75) is 39.5 Å². The van der Waals surface area contributed by atoms with Gasteiger partial charge in [0, 0.05) is 6.42 Å². The third kappa shape index (κ3) is 3.46. The molecule has 15 heavy (non-hydrogen) atoms. The van der Waals surface area contributed by atoms with Gasteiger partial charge in [0.05, 0.1) is 0 Å². The fourth-order valence-corrected chi connectivity index (χ4v) is 1.56. The van der Waals surface area contributed by atoms with Gasteiger partial charge in [-0.3, -0.25) is 0 Å². The van der Waals surface area contributed by atoms with Crippen LogP contribution in [0, 0.1) is 12.7 Å². The highest BCUT2D eigenvalue weighted by atomic mass is 19.1. The molecule has 0 aliphatic rings. The van der Waals surface area contributed by atoms with Crippen LogP contribution in [0.2, 0.25) is 0 Å². The Balaban J connectivity index is 2.69. The van der Waals surface area contributed by atoms with Crippen molar-refractivity contribution in [3.63, 3.8) is 0 Å². The number of Topliss-reactive ketones (excluding diaryl/α,β-unsaturated/α-hetero) is 1. The van der Waals surface area contributed by atoms with Crippen molar-refractivity contribution in [1.29, 1.82) is 0 Å². The molecule has 0 saturated heterocycles. The molecule has 0 spiro atoms. The van der Waals surface area contributed by atoms with Gasteiger partial charge in [-0.05, 0) is 43.4 Å². The molecule has 0 fully saturated rings. The molecular formula is C13H17FO. The summed E-state index contributed by atoms with van der Waals surface area (Å²) in [5.41, 5.74) is 1.78. The van der Waals surface area contributed by atoms with E-state index in [9.17, 15) is 9.18 Å². The van der Waals surface area contributed by atoms with Crippen molar-refractivity contribution in [1.82, 2.24) is 0 Å². The summed E-state index contributed by atoms with van der Waals surface area (Å²) >= 11 is 0. The maximum absolute atomic E-state index is 13.0. The first-order valence-electron chi connectivity index (χ1n) is 5.26. The van der Waals surface area contributed by atoms with Gasteiger partial charge in [-0.25, -0.2) is 4.39 Å². The number of carbonyl (C=O) groups excluding carboxylic acids is 1. The zero-order chi connectivity index (χ0) is 11.4. The molecule has 0 aliphatic carbocycles. The maximum Gasteiger partial charge on any atom is 0.129 e. The summed E-state index contributed by atoms with van der Waals surface area (Å²) in [4.78, 5) is 10.8. The van der Waals surface area contributed by atoms with E-state index in [-0.39, 0.29) is 11.6 Å². The smallest absolute Gasteiger partial charge is 0.129 e. The van der Waals surface area contributed by atoms with Gasteiger partial charge in [0.15, 0.2) is 0 Å². The van der Waals surface area contributed by atoms with E-state index in [1.165, 1.54) is 6.07 Å². The second kappa shape index (κ2) is 5.06. The third-order valence-electron chi connectivity index (χ3n) is 2.68. The van der Waals surface area contributed by atoms with Crippen molar-refractivity contribution in [3.05, 3.63) is 35.1 Å². The van der Waals surface area contributed by atoms with Gasteiger partial charge in [-0.1, -0.05) is 19.1 Å². The summed E-state index contributed by atoms with van der Waals surface area (Å²) in [6, 6.07) is 5.15. The van der Waals surface area contributed by atoms with Gasteiger partial charge in [0.25, 0.3) is 0 Å². The normalized spacial score (nSPS) is 12.5. The molecule has 0 saturated carbocycles. The third-order valence-corrected chi connectivity index (χ3v) is 2.68. The summed E-state index contributed by atoms with van der Waals surface area (Å²) < 4.78 is 13.0. The average Bonchev–Trinajstić information content (AvgIpc) is 2.18. The van der Waals surface area contributed by atoms with Crippen LogP contribution in [0.3, 0.4) is 0 Å². The van der Waals surface area contributed by atoms with Gasteiger partial charge in [-0.2, -0.15) is 0 Å². The standard InChI is InChI=1S/C13H17FO/c1-9(4-5-11(3)15)12-6-7-13(14)10(2)8-12/h6-9H,4-5H2,1-3H3. The van der Waals surface area contributed by atoms with E-state index in [4.69, 9.17) is 0 Å². The predicted molar refractivity (Wildman–Crippen MR) is 59.5 cm³/mol. The highest BCUT2D eigenvalue weighted by molar-refractivity contribution is 5.75. The molecule has 0 radical (unpaired) electrons. The first-order chi connectivity index (χ1) is 7.00. The molecule has 1 aromatic carbocycles. The SMILES string of the molecule is CC(=O)CCC(C)c1ccc(F)c(C)c1. The van der Waals surface area contributed by atoms with Crippen LogP contribution >= 0.6 is 0 Å². The second-order valence-electron chi connectivity index (χ2n) is 4.15. The Hall–Kier alpha value is -1.18. The molecule has 1 rings (SSSR count). The van der Waals surface area contributed by atoms with E-state index < -0.39 is 0 Å². The van der Waals surface area contributed by atoms with E-state index in [0.717, 1.165) is 12.0 Å². The molecule has 1 nitrogen and oxygen atoms in total. The molecule has 82 valence electrons. The van der Waals surface area contributed by atoms with Crippen molar-refractivity contribution < 1.29 is 9.18 Å². The summed E-state index contributed by atoms with van der Waals surface area (Å²) in [7, 11) is 0. The molecule has 1 unspecified atom stereocenters. The van der Waals surface area contributed by atoms with Gasteiger partial charge in [-0.15, -0.1) is 0 Å². The van der Waals surface area contributed by atoms with E-state index in [1.54, 1.807) is 19.9 Å². The predicted octanol–water partition coefficient (Wildman–Crippen LogP) is 3.61. The quantitative estimate of drug-likeness (QED) is 0.738. The summed E-state index contributed by atoms with van der Waals surface area (Å²) in [6.07, 6.45) is 1.43. The first-order valence-corrected chi connectivity index (χ1v) is 5.26. The molecule has 0 aromatic heterocycles. The number of hydrogen-bond acceptors (Lipinski definition) is 1. The number of aryl methyl sites for hydroxylation is 1. The highest BCUT2D eigenvalue weighted by Gasteiger charge is 2.08. The Kier molecular flexibility index (Phi) is 4.01. The molecule has 0 amide bonds. The molecule has 1 atom stereocenters. The fourth-order valence-electron chi connectivity index (χ4n) is 1.56. The van der Waals surface area contributed by atoms with Crippen LogP contribution in [-0.4, -0.2) is 5.78 Å². The zero-order valence-electron chi connectivity index (χ0n) is 9.51. The zero-order valence-corrected chi connectivity index (χ0v) is 9.51. The summed E-state index contributed by atoms with van der Waals surface area (Å²) in [6.45, 7) is 5.43. The van der Waals surface area contributed by atoms with E-state index in [0.29, 0.717) is 17.9 Å². The lowest BCUT2D eigenvalue weighted by atomic mass is 9.94. The van der Waals surface area contributed by atoms with Gasteiger partial charge >= 0.3 is 0 Å². The van der Waals surface area contributed by atoms with Gasteiger partial charge in [0.1, 0.15) is 11.6 Å². The first kappa shape index (κ1) is 11.9. The molecular weight excluding hydrogens is 191 g/mol. The molecule has 2 heteroatoms. The van der Waals surface area contributed by atoms with Crippen LogP contribution in [0.4, 0.5) is 4.39 Å². The van der Waals surface area contributed by atoms with Crippen molar-refractivity contribution in [2.75, 3.05) is 0 Å². The lowest BCUT2D eigenvalue weighted by Crippen LogP contribution is -1.99. The number of rotatable bonds is 4. The molecule has 0 N–H and O–H groups in total.